The highest BCUT2D eigenvalue weighted by molar-refractivity contribution is 5.95. The Morgan fingerprint density at radius 2 is 1.87 bits per heavy atom. The SMILES string of the molecule is CCCCN(Cc1cccn1Cc1ccccc1)C(=O)c1ccc(C)c([N+](=O)[O-])c1. The summed E-state index contributed by atoms with van der Waals surface area (Å²) < 4.78 is 2.14. The summed E-state index contributed by atoms with van der Waals surface area (Å²) in [5.74, 6) is -0.181. The Morgan fingerprint density at radius 1 is 1.10 bits per heavy atom. The highest BCUT2D eigenvalue weighted by Crippen LogP contribution is 2.21. The average Bonchev–Trinajstić information content (AvgIpc) is 3.18. The molecule has 0 N–H and O–H groups in total. The lowest BCUT2D eigenvalue weighted by atomic mass is 10.1. The van der Waals surface area contributed by atoms with Crippen molar-refractivity contribution in [3.63, 3.8) is 0 Å². The maximum atomic E-state index is 13.2. The molecule has 0 unspecified atom stereocenters. The number of unbranched alkanes of at least 4 members (excludes halogenated alkanes) is 1. The third-order valence-electron chi connectivity index (χ3n) is 5.19. The van der Waals surface area contributed by atoms with E-state index < -0.39 is 4.92 Å². The molecule has 6 heteroatoms. The highest BCUT2D eigenvalue weighted by Gasteiger charge is 2.21. The lowest BCUT2D eigenvalue weighted by Crippen LogP contribution is -2.32. The van der Waals surface area contributed by atoms with Crippen molar-refractivity contribution in [2.75, 3.05) is 6.54 Å². The second-order valence-electron chi connectivity index (χ2n) is 7.45. The van der Waals surface area contributed by atoms with Gasteiger partial charge in [-0.1, -0.05) is 49.7 Å². The summed E-state index contributed by atoms with van der Waals surface area (Å²) in [6.45, 7) is 5.55. The Kier molecular flexibility index (Phi) is 7.01. The van der Waals surface area contributed by atoms with Gasteiger partial charge in [-0.05, 0) is 37.1 Å². The lowest BCUT2D eigenvalue weighted by Gasteiger charge is -2.24. The number of hydrogen-bond acceptors (Lipinski definition) is 3. The maximum Gasteiger partial charge on any atom is 0.273 e. The fourth-order valence-corrected chi connectivity index (χ4v) is 3.45. The van der Waals surface area contributed by atoms with E-state index >= 15 is 0 Å². The monoisotopic (exact) mass is 405 g/mol. The van der Waals surface area contributed by atoms with Crippen molar-refractivity contribution in [3.8, 4) is 0 Å². The molecule has 30 heavy (non-hydrogen) atoms. The molecule has 1 aromatic heterocycles. The van der Waals surface area contributed by atoms with Gasteiger partial charge in [0.05, 0.1) is 11.5 Å². The van der Waals surface area contributed by atoms with Gasteiger partial charge >= 0.3 is 0 Å². The fraction of sp³-hybridized carbons (Fsp3) is 0.292. The zero-order chi connectivity index (χ0) is 21.5. The molecule has 0 aliphatic carbocycles. The molecule has 0 aliphatic heterocycles. The van der Waals surface area contributed by atoms with Crippen LogP contribution in [0.15, 0.2) is 66.9 Å². The van der Waals surface area contributed by atoms with Crippen molar-refractivity contribution in [3.05, 3.63) is 99.4 Å². The van der Waals surface area contributed by atoms with Crippen molar-refractivity contribution in [2.45, 2.75) is 39.8 Å². The van der Waals surface area contributed by atoms with Gasteiger partial charge in [0.15, 0.2) is 0 Å². The van der Waals surface area contributed by atoms with Gasteiger partial charge < -0.3 is 9.47 Å². The number of rotatable bonds is 9. The number of aromatic nitrogens is 1. The van der Waals surface area contributed by atoms with Gasteiger partial charge in [0.1, 0.15) is 0 Å². The third kappa shape index (κ3) is 5.14. The molecule has 1 amide bonds. The molecule has 0 atom stereocenters. The number of carbonyl (C=O) groups is 1. The van der Waals surface area contributed by atoms with Gasteiger partial charge in [-0.25, -0.2) is 0 Å². The molecule has 0 radical (unpaired) electrons. The smallest absolute Gasteiger partial charge is 0.273 e. The minimum Gasteiger partial charge on any atom is -0.345 e. The van der Waals surface area contributed by atoms with Crippen LogP contribution in [0.1, 0.15) is 46.9 Å². The van der Waals surface area contributed by atoms with Crippen LogP contribution in [0.3, 0.4) is 0 Å². The largest absolute Gasteiger partial charge is 0.345 e. The van der Waals surface area contributed by atoms with Crippen LogP contribution in [0.25, 0.3) is 0 Å². The maximum absolute atomic E-state index is 13.2. The molecule has 6 nitrogen and oxygen atoms in total. The normalized spacial score (nSPS) is 10.7. The van der Waals surface area contributed by atoms with Crippen LogP contribution in [0.4, 0.5) is 5.69 Å². The summed E-state index contributed by atoms with van der Waals surface area (Å²) in [5, 5.41) is 11.3. The van der Waals surface area contributed by atoms with Crippen LogP contribution in [0.2, 0.25) is 0 Å². The van der Waals surface area contributed by atoms with Gasteiger partial charge in [-0.2, -0.15) is 0 Å². The first kappa shape index (κ1) is 21.3. The predicted octanol–water partition coefficient (Wildman–Crippen LogP) is 5.20. The second-order valence-corrected chi connectivity index (χ2v) is 7.45. The van der Waals surface area contributed by atoms with Crippen molar-refractivity contribution in [2.24, 2.45) is 0 Å². The van der Waals surface area contributed by atoms with Gasteiger partial charge in [0.25, 0.3) is 11.6 Å². The first-order chi connectivity index (χ1) is 14.5. The standard InChI is InChI=1S/C24H27N3O3/c1-3-4-14-26(24(28)21-13-12-19(2)23(16-21)27(29)30)18-22-11-8-15-25(22)17-20-9-6-5-7-10-20/h5-13,15-16H,3-4,14,17-18H2,1-2H3. The molecule has 0 spiro atoms. The molecule has 156 valence electrons. The third-order valence-corrected chi connectivity index (χ3v) is 5.19. The van der Waals surface area contributed by atoms with Crippen LogP contribution in [0.5, 0.6) is 0 Å². The molecule has 0 aliphatic rings. The topological polar surface area (TPSA) is 68.4 Å². The highest BCUT2D eigenvalue weighted by atomic mass is 16.6. The van der Waals surface area contributed by atoms with E-state index in [0.717, 1.165) is 25.1 Å². The van der Waals surface area contributed by atoms with E-state index in [4.69, 9.17) is 0 Å². The van der Waals surface area contributed by atoms with Gasteiger partial charge in [0, 0.05) is 42.2 Å². The van der Waals surface area contributed by atoms with E-state index in [9.17, 15) is 14.9 Å². The van der Waals surface area contributed by atoms with Gasteiger partial charge in [-0.3, -0.25) is 14.9 Å². The summed E-state index contributed by atoms with van der Waals surface area (Å²) in [7, 11) is 0. The number of benzene rings is 2. The first-order valence-corrected chi connectivity index (χ1v) is 10.2. The summed E-state index contributed by atoms with van der Waals surface area (Å²) >= 11 is 0. The van der Waals surface area contributed by atoms with E-state index in [1.54, 1.807) is 24.0 Å². The molecule has 2 aromatic carbocycles. The fourth-order valence-electron chi connectivity index (χ4n) is 3.45. The molecule has 0 bridgehead atoms. The zero-order valence-corrected chi connectivity index (χ0v) is 17.5. The van der Waals surface area contributed by atoms with Crippen LogP contribution >= 0.6 is 0 Å². The minimum absolute atomic E-state index is 0.0243. The minimum atomic E-state index is -0.437. The predicted molar refractivity (Wildman–Crippen MR) is 117 cm³/mol. The molecule has 0 fully saturated rings. The number of nitro groups is 1. The van der Waals surface area contributed by atoms with Crippen LogP contribution < -0.4 is 0 Å². The van der Waals surface area contributed by atoms with E-state index in [2.05, 4.69) is 23.6 Å². The van der Waals surface area contributed by atoms with Crippen molar-refractivity contribution in [1.82, 2.24) is 9.47 Å². The number of nitro benzene ring substituents is 1. The zero-order valence-electron chi connectivity index (χ0n) is 17.5. The molecule has 3 aromatic rings. The van der Waals surface area contributed by atoms with Gasteiger partial charge in [0.2, 0.25) is 0 Å². The summed E-state index contributed by atoms with van der Waals surface area (Å²) in [6.07, 6.45) is 3.85. The Hall–Kier alpha value is -3.41. The quantitative estimate of drug-likeness (QED) is 0.363. The molecular weight excluding hydrogens is 378 g/mol. The summed E-state index contributed by atoms with van der Waals surface area (Å²) in [6, 6.07) is 18.9. The number of carbonyl (C=O) groups excluding carboxylic acids is 1. The Morgan fingerprint density at radius 3 is 2.57 bits per heavy atom. The van der Waals surface area contributed by atoms with Crippen LogP contribution in [-0.2, 0) is 13.1 Å². The molecular formula is C24H27N3O3. The number of amides is 1. The molecule has 0 saturated carbocycles. The van der Waals surface area contributed by atoms with Crippen LogP contribution in [-0.4, -0.2) is 26.8 Å². The Balaban J connectivity index is 1.84. The van der Waals surface area contributed by atoms with E-state index in [0.29, 0.717) is 24.2 Å². The van der Waals surface area contributed by atoms with Crippen molar-refractivity contribution < 1.29 is 9.72 Å². The second kappa shape index (κ2) is 9.87. The van der Waals surface area contributed by atoms with E-state index in [1.165, 1.54) is 11.6 Å². The molecule has 3 rings (SSSR count). The average molecular weight is 405 g/mol. The summed E-state index contributed by atoms with van der Waals surface area (Å²) in [4.78, 5) is 25.9. The Bertz CT molecular complexity index is 1010. The van der Waals surface area contributed by atoms with Gasteiger partial charge in [-0.15, -0.1) is 0 Å². The number of nitrogens with zero attached hydrogens (tertiary/aromatic N) is 3. The van der Waals surface area contributed by atoms with Crippen molar-refractivity contribution >= 4 is 11.6 Å². The number of hydrogen-bond donors (Lipinski definition) is 0. The summed E-state index contributed by atoms with van der Waals surface area (Å²) in [5.41, 5.74) is 3.10. The van der Waals surface area contributed by atoms with E-state index in [-0.39, 0.29) is 11.6 Å². The molecule has 0 saturated heterocycles. The van der Waals surface area contributed by atoms with Crippen LogP contribution in [0, 0.1) is 17.0 Å². The van der Waals surface area contributed by atoms with E-state index in [1.807, 2.05) is 36.5 Å². The lowest BCUT2D eigenvalue weighted by molar-refractivity contribution is -0.385. The number of aryl methyl sites for hydroxylation is 1. The van der Waals surface area contributed by atoms with Crippen molar-refractivity contribution in [1.29, 1.82) is 0 Å². The Labute approximate surface area is 176 Å². The molecule has 1 heterocycles. The first-order valence-electron chi connectivity index (χ1n) is 10.2.